The molecular formula is C17H24FN3. The van der Waals surface area contributed by atoms with Crippen molar-refractivity contribution in [2.75, 3.05) is 6.54 Å². The number of benzene rings is 1. The highest BCUT2D eigenvalue weighted by atomic mass is 19.1. The van der Waals surface area contributed by atoms with Gasteiger partial charge in [-0.3, -0.25) is 0 Å². The topological polar surface area (TPSA) is 29.9 Å². The quantitative estimate of drug-likeness (QED) is 0.897. The van der Waals surface area contributed by atoms with Crippen LogP contribution in [0, 0.1) is 11.2 Å². The van der Waals surface area contributed by atoms with Gasteiger partial charge in [-0.2, -0.15) is 0 Å². The summed E-state index contributed by atoms with van der Waals surface area (Å²) < 4.78 is 15.8. The minimum Gasteiger partial charge on any atom is -0.324 e. The molecule has 4 heteroatoms. The molecule has 1 aromatic carbocycles. The van der Waals surface area contributed by atoms with E-state index >= 15 is 0 Å². The number of nitrogens with zero attached hydrogens (tertiary/aromatic N) is 2. The molecular weight excluding hydrogens is 265 g/mol. The van der Waals surface area contributed by atoms with Crippen molar-refractivity contribution in [2.24, 2.45) is 5.41 Å². The summed E-state index contributed by atoms with van der Waals surface area (Å²) in [5.41, 5.74) is 1.93. The Balaban J connectivity index is 2.19. The van der Waals surface area contributed by atoms with Crippen molar-refractivity contribution in [3.63, 3.8) is 0 Å². The SMILES string of the molecule is CC(C)n1c(C2NCCCC2(C)C)nc2cc(F)ccc21. The molecule has 1 fully saturated rings. The fourth-order valence-electron chi connectivity index (χ4n) is 3.49. The summed E-state index contributed by atoms with van der Waals surface area (Å²) in [6, 6.07) is 5.41. The Bertz CT molecular complexity index is 657. The zero-order chi connectivity index (χ0) is 15.2. The van der Waals surface area contributed by atoms with Gasteiger partial charge in [-0.25, -0.2) is 9.37 Å². The molecule has 2 aromatic rings. The lowest BCUT2D eigenvalue weighted by Gasteiger charge is -2.39. The molecule has 0 amide bonds. The van der Waals surface area contributed by atoms with Crippen LogP contribution in [0.4, 0.5) is 4.39 Å². The molecule has 0 radical (unpaired) electrons. The second-order valence-corrected chi connectivity index (χ2v) is 7.05. The van der Waals surface area contributed by atoms with Crippen LogP contribution >= 0.6 is 0 Å². The van der Waals surface area contributed by atoms with Crippen LogP contribution in [0.15, 0.2) is 18.2 Å². The highest BCUT2D eigenvalue weighted by Crippen LogP contribution is 2.41. The van der Waals surface area contributed by atoms with Crippen LogP contribution in [0.3, 0.4) is 0 Å². The lowest BCUT2D eigenvalue weighted by molar-refractivity contribution is 0.169. The van der Waals surface area contributed by atoms with Crippen molar-refractivity contribution in [2.45, 2.75) is 52.6 Å². The molecule has 3 nitrogen and oxygen atoms in total. The lowest BCUT2D eigenvalue weighted by atomic mass is 9.77. The second kappa shape index (κ2) is 5.09. The molecule has 0 aliphatic carbocycles. The number of nitrogens with one attached hydrogen (secondary N) is 1. The molecule has 1 unspecified atom stereocenters. The minimum absolute atomic E-state index is 0.158. The molecule has 1 aromatic heterocycles. The Morgan fingerprint density at radius 2 is 2.14 bits per heavy atom. The third-order valence-corrected chi connectivity index (χ3v) is 4.58. The number of fused-ring (bicyclic) bond motifs is 1. The van der Waals surface area contributed by atoms with Gasteiger partial charge in [-0.05, 0) is 50.8 Å². The Hall–Kier alpha value is -1.42. The van der Waals surface area contributed by atoms with Crippen LogP contribution in [-0.4, -0.2) is 16.1 Å². The predicted molar refractivity (Wildman–Crippen MR) is 83.8 cm³/mol. The van der Waals surface area contributed by atoms with Gasteiger partial charge < -0.3 is 9.88 Å². The molecule has 1 N–H and O–H groups in total. The first-order valence-electron chi connectivity index (χ1n) is 7.81. The van der Waals surface area contributed by atoms with Crippen LogP contribution in [0.1, 0.15) is 58.4 Å². The van der Waals surface area contributed by atoms with Gasteiger partial charge in [0.25, 0.3) is 0 Å². The van der Waals surface area contributed by atoms with E-state index in [0.717, 1.165) is 23.4 Å². The first-order valence-corrected chi connectivity index (χ1v) is 7.81. The Morgan fingerprint density at radius 1 is 1.38 bits per heavy atom. The number of hydrogen-bond donors (Lipinski definition) is 1. The summed E-state index contributed by atoms with van der Waals surface area (Å²) in [5, 5.41) is 3.62. The smallest absolute Gasteiger partial charge is 0.127 e. The van der Waals surface area contributed by atoms with Crippen LogP contribution in [0.5, 0.6) is 0 Å². The molecule has 2 heterocycles. The van der Waals surface area contributed by atoms with Gasteiger partial charge in [-0.15, -0.1) is 0 Å². The van der Waals surface area contributed by atoms with Crippen molar-refractivity contribution >= 4 is 11.0 Å². The van der Waals surface area contributed by atoms with Crippen LogP contribution in [0.25, 0.3) is 11.0 Å². The summed E-state index contributed by atoms with van der Waals surface area (Å²) in [7, 11) is 0. The largest absolute Gasteiger partial charge is 0.324 e. The molecule has 0 bridgehead atoms. The van der Waals surface area contributed by atoms with Crippen molar-refractivity contribution in [3.8, 4) is 0 Å². The fourth-order valence-corrected chi connectivity index (χ4v) is 3.49. The first-order chi connectivity index (χ1) is 9.90. The number of imidazole rings is 1. The molecule has 1 aliphatic heterocycles. The summed E-state index contributed by atoms with van der Waals surface area (Å²) in [4.78, 5) is 4.77. The zero-order valence-corrected chi connectivity index (χ0v) is 13.3. The molecule has 1 aliphatic rings. The van der Waals surface area contributed by atoms with Gasteiger partial charge >= 0.3 is 0 Å². The standard InChI is InChI=1S/C17H24FN3/c1-11(2)21-14-7-6-12(18)10-13(14)20-16(21)15-17(3,4)8-5-9-19-15/h6-7,10-11,15,19H,5,8-9H2,1-4H3. The Kier molecular flexibility index (Phi) is 3.52. The highest BCUT2D eigenvalue weighted by molar-refractivity contribution is 5.76. The zero-order valence-electron chi connectivity index (χ0n) is 13.3. The minimum atomic E-state index is -0.224. The molecule has 1 saturated heterocycles. The van der Waals surface area contributed by atoms with Gasteiger partial charge in [0.05, 0.1) is 17.1 Å². The molecule has 3 rings (SSSR count). The Morgan fingerprint density at radius 3 is 2.81 bits per heavy atom. The van der Waals surface area contributed by atoms with Crippen molar-refractivity contribution < 1.29 is 4.39 Å². The van der Waals surface area contributed by atoms with Gasteiger partial charge in [-0.1, -0.05) is 13.8 Å². The van der Waals surface area contributed by atoms with Gasteiger partial charge in [0.2, 0.25) is 0 Å². The average molecular weight is 289 g/mol. The van der Waals surface area contributed by atoms with Gasteiger partial charge in [0.15, 0.2) is 0 Å². The van der Waals surface area contributed by atoms with E-state index in [-0.39, 0.29) is 17.3 Å². The Labute approximate surface area is 125 Å². The lowest BCUT2D eigenvalue weighted by Crippen LogP contribution is -2.41. The number of hydrogen-bond acceptors (Lipinski definition) is 2. The normalized spacial score (nSPS) is 22.1. The van der Waals surface area contributed by atoms with E-state index in [1.54, 1.807) is 0 Å². The summed E-state index contributed by atoms with van der Waals surface area (Å²) in [6.45, 7) is 9.90. The van der Waals surface area contributed by atoms with Crippen LogP contribution in [-0.2, 0) is 0 Å². The summed E-state index contributed by atoms with van der Waals surface area (Å²) in [6.07, 6.45) is 2.38. The van der Waals surface area contributed by atoms with Crippen molar-refractivity contribution in [1.29, 1.82) is 0 Å². The summed E-state index contributed by atoms with van der Waals surface area (Å²) in [5.74, 6) is 0.814. The fraction of sp³-hybridized carbons (Fsp3) is 0.588. The van der Waals surface area contributed by atoms with Crippen molar-refractivity contribution in [3.05, 3.63) is 29.8 Å². The number of rotatable bonds is 2. The monoisotopic (exact) mass is 289 g/mol. The predicted octanol–water partition coefficient (Wildman–Crippen LogP) is 4.21. The number of piperidine rings is 1. The maximum atomic E-state index is 13.5. The van der Waals surface area contributed by atoms with E-state index < -0.39 is 0 Å². The molecule has 1 atom stereocenters. The molecule has 21 heavy (non-hydrogen) atoms. The van der Waals surface area contributed by atoms with E-state index in [2.05, 4.69) is 37.6 Å². The van der Waals surface area contributed by atoms with Gasteiger partial charge in [0.1, 0.15) is 11.6 Å². The highest BCUT2D eigenvalue weighted by Gasteiger charge is 2.36. The van der Waals surface area contributed by atoms with Crippen LogP contribution in [0.2, 0.25) is 0 Å². The van der Waals surface area contributed by atoms with E-state index in [1.807, 2.05) is 6.07 Å². The first kappa shape index (κ1) is 14.5. The molecule has 0 saturated carbocycles. The third kappa shape index (κ3) is 2.46. The van der Waals surface area contributed by atoms with Crippen LogP contribution < -0.4 is 5.32 Å². The number of aromatic nitrogens is 2. The van der Waals surface area contributed by atoms with Gasteiger partial charge in [0, 0.05) is 12.1 Å². The van der Waals surface area contributed by atoms with Crippen molar-refractivity contribution in [1.82, 2.24) is 14.9 Å². The molecule has 0 spiro atoms. The van der Waals surface area contributed by atoms with E-state index in [4.69, 9.17) is 4.98 Å². The van der Waals surface area contributed by atoms with E-state index in [1.165, 1.54) is 25.0 Å². The van der Waals surface area contributed by atoms with E-state index in [9.17, 15) is 4.39 Å². The maximum Gasteiger partial charge on any atom is 0.127 e. The average Bonchev–Trinajstić information content (AvgIpc) is 2.76. The third-order valence-electron chi connectivity index (χ3n) is 4.58. The number of halogens is 1. The maximum absolute atomic E-state index is 13.5. The summed E-state index contributed by atoms with van der Waals surface area (Å²) >= 11 is 0. The molecule has 114 valence electrons. The van der Waals surface area contributed by atoms with E-state index in [0.29, 0.717) is 6.04 Å². The second-order valence-electron chi connectivity index (χ2n) is 7.05.